The molecule has 2 atom stereocenters. The number of aromatic nitrogens is 1. The van der Waals surface area contributed by atoms with E-state index < -0.39 is 17.5 Å². The van der Waals surface area contributed by atoms with Crippen molar-refractivity contribution in [2.24, 2.45) is 5.73 Å². The monoisotopic (exact) mass is 294 g/mol. The van der Waals surface area contributed by atoms with Gasteiger partial charge in [-0.3, -0.25) is 4.98 Å². The third kappa shape index (κ3) is 2.85. The molecule has 3 rings (SSSR count). The maximum absolute atomic E-state index is 12.7. The number of alkyl halides is 3. The van der Waals surface area contributed by atoms with Gasteiger partial charge in [-0.25, -0.2) is 0 Å². The third-order valence-electron chi connectivity index (χ3n) is 3.60. The molecule has 0 saturated heterocycles. The number of phenols is 1. The Morgan fingerprint density at radius 2 is 1.90 bits per heavy atom. The molecule has 1 aliphatic carbocycles. The van der Waals surface area contributed by atoms with Gasteiger partial charge >= 0.3 is 6.18 Å². The first-order valence-corrected chi connectivity index (χ1v) is 6.48. The Balaban J connectivity index is 1.94. The summed E-state index contributed by atoms with van der Waals surface area (Å²) in [4.78, 5) is 4.17. The minimum absolute atomic E-state index is 0.148. The zero-order valence-electron chi connectivity index (χ0n) is 10.9. The number of nitrogens with two attached hydrogens (primary N) is 1. The molecule has 1 saturated carbocycles. The van der Waals surface area contributed by atoms with E-state index in [4.69, 9.17) is 5.73 Å². The van der Waals surface area contributed by atoms with Crippen LogP contribution in [0.2, 0.25) is 0 Å². The van der Waals surface area contributed by atoms with Crippen LogP contribution in [0.3, 0.4) is 0 Å². The highest BCUT2D eigenvalue weighted by molar-refractivity contribution is 5.63. The van der Waals surface area contributed by atoms with Gasteiger partial charge in [-0.05, 0) is 36.2 Å². The van der Waals surface area contributed by atoms with Crippen LogP contribution >= 0.6 is 0 Å². The molecular weight excluding hydrogens is 281 g/mol. The van der Waals surface area contributed by atoms with Crippen molar-refractivity contribution < 1.29 is 18.3 Å². The summed E-state index contributed by atoms with van der Waals surface area (Å²) in [5, 5.41) is 9.46. The van der Waals surface area contributed by atoms with Crippen molar-refractivity contribution in [1.82, 2.24) is 4.98 Å². The highest BCUT2D eigenvalue weighted by atomic mass is 19.4. The zero-order chi connectivity index (χ0) is 15.2. The number of pyridine rings is 1. The second-order valence-corrected chi connectivity index (χ2v) is 5.25. The summed E-state index contributed by atoms with van der Waals surface area (Å²) in [5.41, 5.74) is 6.46. The van der Waals surface area contributed by atoms with Crippen molar-refractivity contribution >= 4 is 0 Å². The molecular formula is C15H13F3N2O. The van der Waals surface area contributed by atoms with Gasteiger partial charge in [-0.2, -0.15) is 13.2 Å². The smallest absolute Gasteiger partial charge is 0.416 e. The Morgan fingerprint density at radius 1 is 1.19 bits per heavy atom. The van der Waals surface area contributed by atoms with Gasteiger partial charge < -0.3 is 10.8 Å². The molecule has 6 heteroatoms. The highest BCUT2D eigenvalue weighted by Gasteiger charge is 2.35. The van der Waals surface area contributed by atoms with Crippen molar-refractivity contribution in [2.45, 2.75) is 24.6 Å². The van der Waals surface area contributed by atoms with Crippen LogP contribution in [0.25, 0.3) is 11.3 Å². The molecule has 3 N–H and O–H groups in total. The van der Waals surface area contributed by atoms with Gasteiger partial charge in [-0.1, -0.05) is 6.07 Å². The fourth-order valence-electron chi connectivity index (χ4n) is 2.32. The van der Waals surface area contributed by atoms with Crippen LogP contribution in [0.1, 0.15) is 23.5 Å². The van der Waals surface area contributed by atoms with Gasteiger partial charge in [0.15, 0.2) is 0 Å². The lowest BCUT2D eigenvalue weighted by molar-refractivity contribution is -0.137. The first-order valence-electron chi connectivity index (χ1n) is 6.48. The van der Waals surface area contributed by atoms with Crippen LogP contribution in [-0.4, -0.2) is 16.1 Å². The fourth-order valence-corrected chi connectivity index (χ4v) is 2.32. The van der Waals surface area contributed by atoms with Crippen LogP contribution in [0.5, 0.6) is 5.75 Å². The summed E-state index contributed by atoms with van der Waals surface area (Å²) in [7, 11) is 0. The largest absolute Gasteiger partial charge is 0.508 e. The number of nitrogens with zero attached hydrogens (tertiary/aromatic N) is 1. The number of hydrogen-bond acceptors (Lipinski definition) is 3. The van der Waals surface area contributed by atoms with Gasteiger partial charge in [0.05, 0.1) is 11.3 Å². The lowest BCUT2D eigenvalue weighted by atomic mass is 10.1. The van der Waals surface area contributed by atoms with Gasteiger partial charge in [0, 0.05) is 23.7 Å². The number of benzene rings is 1. The van der Waals surface area contributed by atoms with Gasteiger partial charge in [-0.15, -0.1) is 0 Å². The van der Waals surface area contributed by atoms with Crippen molar-refractivity contribution in [3.8, 4) is 17.0 Å². The molecule has 0 spiro atoms. The van der Waals surface area contributed by atoms with Crippen LogP contribution < -0.4 is 5.73 Å². The highest BCUT2D eigenvalue weighted by Crippen LogP contribution is 2.39. The normalized spacial score (nSPS) is 21.3. The average Bonchev–Trinajstić information content (AvgIpc) is 3.14. The van der Waals surface area contributed by atoms with Crippen LogP contribution in [0.4, 0.5) is 13.2 Å². The summed E-state index contributed by atoms with van der Waals surface area (Å²) >= 11 is 0. The minimum atomic E-state index is -4.51. The molecule has 2 aromatic rings. The predicted molar refractivity (Wildman–Crippen MR) is 71.7 cm³/mol. The Labute approximate surface area is 119 Å². The Bertz CT molecular complexity index is 668. The summed E-state index contributed by atoms with van der Waals surface area (Å²) < 4.78 is 38.2. The van der Waals surface area contributed by atoms with Crippen molar-refractivity contribution in [1.29, 1.82) is 0 Å². The molecule has 1 fully saturated rings. The van der Waals surface area contributed by atoms with Crippen LogP contribution in [-0.2, 0) is 6.18 Å². The number of hydrogen-bond donors (Lipinski definition) is 2. The van der Waals surface area contributed by atoms with E-state index in [0.717, 1.165) is 18.1 Å². The molecule has 3 nitrogen and oxygen atoms in total. The van der Waals surface area contributed by atoms with Gasteiger partial charge in [0.25, 0.3) is 0 Å². The molecule has 1 aromatic heterocycles. The Morgan fingerprint density at radius 3 is 2.43 bits per heavy atom. The van der Waals surface area contributed by atoms with E-state index in [9.17, 15) is 18.3 Å². The van der Waals surface area contributed by atoms with E-state index >= 15 is 0 Å². The fraction of sp³-hybridized carbons (Fsp3) is 0.267. The zero-order valence-corrected chi connectivity index (χ0v) is 10.9. The summed E-state index contributed by atoms with van der Waals surface area (Å²) in [6.45, 7) is 0. The lowest BCUT2D eigenvalue weighted by Gasteiger charge is -2.10. The van der Waals surface area contributed by atoms with E-state index in [1.54, 1.807) is 12.3 Å². The first kappa shape index (κ1) is 13.9. The average molecular weight is 294 g/mol. The molecule has 21 heavy (non-hydrogen) atoms. The van der Waals surface area contributed by atoms with Gasteiger partial charge in [0.1, 0.15) is 5.75 Å². The van der Waals surface area contributed by atoms with E-state index in [1.807, 2.05) is 6.07 Å². The molecule has 1 aliphatic rings. The molecule has 0 radical (unpaired) electrons. The molecule has 0 unspecified atom stereocenters. The van der Waals surface area contributed by atoms with Crippen LogP contribution in [0.15, 0.2) is 36.5 Å². The van der Waals surface area contributed by atoms with Crippen molar-refractivity contribution in [2.75, 3.05) is 0 Å². The van der Waals surface area contributed by atoms with Crippen LogP contribution in [0, 0.1) is 0 Å². The second-order valence-electron chi connectivity index (χ2n) is 5.25. The number of aromatic hydroxyl groups is 1. The number of phenolic OH excluding ortho intramolecular Hbond substituents is 1. The van der Waals surface area contributed by atoms with E-state index in [-0.39, 0.29) is 11.6 Å². The minimum Gasteiger partial charge on any atom is -0.508 e. The van der Waals surface area contributed by atoms with E-state index in [2.05, 4.69) is 4.98 Å². The molecule has 0 aliphatic heterocycles. The quantitative estimate of drug-likeness (QED) is 0.893. The predicted octanol–water partition coefficient (Wildman–Crippen LogP) is 3.29. The number of rotatable bonds is 2. The molecule has 1 aromatic carbocycles. The van der Waals surface area contributed by atoms with Gasteiger partial charge in [0.2, 0.25) is 0 Å². The lowest BCUT2D eigenvalue weighted by Crippen LogP contribution is -2.05. The molecule has 1 heterocycles. The third-order valence-corrected chi connectivity index (χ3v) is 3.60. The molecule has 0 bridgehead atoms. The Hall–Kier alpha value is -2.08. The molecule has 110 valence electrons. The second kappa shape index (κ2) is 4.73. The maximum atomic E-state index is 12.7. The Kier molecular flexibility index (Phi) is 3.13. The maximum Gasteiger partial charge on any atom is 0.416 e. The number of halogens is 3. The summed E-state index contributed by atoms with van der Waals surface area (Å²) in [6.07, 6.45) is -1.97. The molecule has 0 amide bonds. The standard InChI is InChI=1S/C15H13F3N2O/c16-15(17,18)10-3-9(4-11(21)5-10)14-2-1-8(7-20-14)12-6-13(12)19/h1-5,7,12-13,21H,6,19H2/t12-,13+/m0/s1. The van der Waals surface area contributed by atoms with E-state index in [1.165, 1.54) is 6.07 Å². The summed E-state index contributed by atoms with van der Waals surface area (Å²) in [5.74, 6) is -0.142. The van der Waals surface area contributed by atoms with Crippen molar-refractivity contribution in [3.05, 3.63) is 47.7 Å². The SMILES string of the molecule is N[C@@H]1C[C@H]1c1ccc(-c2cc(O)cc(C(F)(F)F)c2)nc1. The van der Waals surface area contributed by atoms with Crippen molar-refractivity contribution in [3.63, 3.8) is 0 Å². The summed E-state index contributed by atoms with van der Waals surface area (Å²) in [6, 6.07) is 6.55. The van der Waals surface area contributed by atoms with E-state index in [0.29, 0.717) is 17.7 Å². The first-order chi connectivity index (χ1) is 9.84. The topological polar surface area (TPSA) is 59.1 Å².